The SMILES string of the molecule is CCCCCCCC[C@@H]1CC[C@@H]2[C@@H]3CC=C4C[C@@H](OC(=O)C56CC7CC(CC(C7)C5)C6)CC[C@]4(C)[C@H]3CC[C@]12C. The number of ether oxygens (including phenoxy) is 1. The zero-order chi connectivity index (χ0) is 27.5. The first kappa shape index (κ1) is 28.0. The fraction of sp³-hybridized carbons (Fsp3) is 0.921. The van der Waals surface area contributed by atoms with Crippen LogP contribution < -0.4 is 0 Å². The van der Waals surface area contributed by atoms with Gasteiger partial charge in [-0.15, -0.1) is 0 Å². The lowest BCUT2D eigenvalue weighted by Crippen LogP contribution is -2.52. The number of hydrogen-bond donors (Lipinski definition) is 0. The molecule has 0 spiro atoms. The van der Waals surface area contributed by atoms with Crippen LogP contribution in [-0.4, -0.2) is 12.1 Å². The molecule has 0 aliphatic heterocycles. The van der Waals surface area contributed by atoms with Gasteiger partial charge in [0.05, 0.1) is 5.41 Å². The van der Waals surface area contributed by atoms with Gasteiger partial charge in [-0.2, -0.15) is 0 Å². The van der Waals surface area contributed by atoms with Crippen molar-refractivity contribution in [1.29, 1.82) is 0 Å². The fourth-order valence-corrected chi connectivity index (χ4v) is 13.1. The summed E-state index contributed by atoms with van der Waals surface area (Å²) in [6, 6.07) is 0. The second-order valence-electron chi connectivity index (χ2n) is 17.1. The summed E-state index contributed by atoms with van der Waals surface area (Å²) in [5.41, 5.74) is 2.51. The molecule has 40 heavy (non-hydrogen) atoms. The zero-order valence-corrected chi connectivity index (χ0v) is 26.4. The van der Waals surface area contributed by atoms with E-state index in [9.17, 15) is 4.79 Å². The first-order valence-electron chi connectivity index (χ1n) is 18.2. The van der Waals surface area contributed by atoms with Crippen molar-refractivity contribution in [2.24, 2.45) is 57.7 Å². The van der Waals surface area contributed by atoms with Gasteiger partial charge in [0, 0.05) is 6.42 Å². The Bertz CT molecular complexity index is 943. The molecule has 0 heterocycles. The minimum absolute atomic E-state index is 0.107. The molecule has 0 N–H and O–H groups in total. The van der Waals surface area contributed by atoms with Gasteiger partial charge >= 0.3 is 5.97 Å². The van der Waals surface area contributed by atoms with Gasteiger partial charge in [0.15, 0.2) is 0 Å². The van der Waals surface area contributed by atoms with Gasteiger partial charge in [0.2, 0.25) is 0 Å². The van der Waals surface area contributed by atoms with Gasteiger partial charge < -0.3 is 4.74 Å². The highest BCUT2D eigenvalue weighted by Gasteiger charge is 2.59. The molecule has 0 saturated heterocycles. The topological polar surface area (TPSA) is 26.3 Å². The quantitative estimate of drug-likeness (QED) is 0.163. The molecule has 8 rings (SSSR count). The third-order valence-corrected chi connectivity index (χ3v) is 14.9. The average molecular weight is 549 g/mol. The van der Waals surface area contributed by atoms with Crippen molar-refractivity contribution in [3.05, 3.63) is 11.6 Å². The smallest absolute Gasteiger partial charge is 0.312 e. The van der Waals surface area contributed by atoms with E-state index in [0.29, 0.717) is 10.8 Å². The molecule has 7 fully saturated rings. The third kappa shape index (κ3) is 4.67. The highest BCUT2D eigenvalue weighted by Crippen LogP contribution is 2.67. The Morgan fingerprint density at radius 2 is 1.55 bits per heavy atom. The Morgan fingerprint density at radius 3 is 2.27 bits per heavy atom. The minimum Gasteiger partial charge on any atom is -0.462 e. The molecule has 0 unspecified atom stereocenters. The summed E-state index contributed by atoms with van der Waals surface area (Å²) in [5, 5.41) is 0. The van der Waals surface area contributed by atoms with Gasteiger partial charge in [-0.05, 0) is 142 Å². The molecular weight excluding hydrogens is 488 g/mol. The maximum atomic E-state index is 13.7. The molecular formula is C38H60O2. The van der Waals surface area contributed by atoms with Crippen molar-refractivity contribution >= 4 is 5.97 Å². The molecule has 0 aromatic heterocycles. The molecule has 0 radical (unpaired) electrons. The monoisotopic (exact) mass is 548 g/mol. The van der Waals surface area contributed by atoms with E-state index in [-0.39, 0.29) is 17.5 Å². The van der Waals surface area contributed by atoms with Crippen molar-refractivity contribution in [3.8, 4) is 0 Å². The molecule has 4 bridgehead atoms. The van der Waals surface area contributed by atoms with E-state index in [0.717, 1.165) is 73.5 Å². The summed E-state index contributed by atoms with van der Waals surface area (Å²) in [5.74, 6) is 6.31. The van der Waals surface area contributed by atoms with Crippen molar-refractivity contribution < 1.29 is 9.53 Å². The Kier molecular flexibility index (Phi) is 7.51. The van der Waals surface area contributed by atoms with Crippen LogP contribution in [0, 0.1) is 57.7 Å². The Balaban J connectivity index is 0.976. The van der Waals surface area contributed by atoms with Gasteiger partial charge in [0.1, 0.15) is 6.10 Å². The predicted octanol–water partition coefficient (Wildman–Crippen LogP) is 10.4. The van der Waals surface area contributed by atoms with Crippen LogP contribution in [0.2, 0.25) is 0 Å². The molecule has 7 saturated carbocycles. The lowest BCUT2D eigenvalue weighted by Gasteiger charge is -2.58. The summed E-state index contributed by atoms with van der Waals surface area (Å²) >= 11 is 0. The van der Waals surface area contributed by atoms with Crippen molar-refractivity contribution in [3.63, 3.8) is 0 Å². The van der Waals surface area contributed by atoms with Crippen LogP contribution in [0.5, 0.6) is 0 Å². The first-order valence-corrected chi connectivity index (χ1v) is 18.2. The summed E-state index contributed by atoms with van der Waals surface area (Å²) in [4.78, 5) is 13.7. The molecule has 2 heteroatoms. The summed E-state index contributed by atoms with van der Waals surface area (Å²) < 4.78 is 6.49. The van der Waals surface area contributed by atoms with Crippen LogP contribution in [0.1, 0.15) is 156 Å². The van der Waals surface area contributed by atoms with Gasteiger partial charge in [-0.25, -0.2) is 0 Å². The number of carbonyl (C=O) groups excluding carboxylic acids is 1. The zero-order valence-electron chi connectivity index (χ0n) is 26.4. The molecule has 224 valence electrons. The third-order valence-electron chi connectivity index (χ3n) is 14.9. The lowest BCUT2D eigenvalue weighted by atomic mass is 9.47. The highest BCUT2D eigenvalue weighted by atomic mass is 16.5. The largest absolute Gasteiger partial charge is 0.462 e. The number of fused-ring (bicyclic) bond motifs is 5. The van der Waals surface area contributed by atoms with E-state index >= 15 is 0 Å². The summed E-state index contributed by atoms with van der Waals surface area (Å²) in [7, 11) is 0. The number of allylic oxidation sites excluding steroid dienone is 1. The van der Waals surface area contributed by atoms with Crippen molar-refractivity contribution in [1.82, 2.24) is 0 Å². The van der Waals surface area contributed by atoms with Crippen LogP contribution in [-0.2, 0) is 9.53 Å². The van der Waals surface area contributed by atoms with Crippen molar-refractivity contribution in [2.75, 3.05) is 0 Å². The van der Waals surface area contributed by atoms with Crippen LogP contribution in [0.3, 0.4) is 0 Å². The average Bonchev–Trinajstić information content (AvgIpc) is 3.26. The Hall–Kier alpha value is -0.790. The number of rotatable bonds is 9. The molecule has 0 amide bonds. The fourth-order valence-electron chi connectivity index (χ4n) is 13.1. The molecule has 0 aromatic carbocycles. The number of esters is 1. The Morgan fingerprint density at radius 1 is 0.850 bits per heavy atom. The van der Waals surface area contributed by atoms with Crippen LogP contribution in [0.4, 0.5) is 0 Å². The summed E-state index contributed by atoms with van der Waals surface area (Å²) in [6.45, 7) is 7.66. The van der Waals surface area contributed by atoms with E-state index in [1.54, 1.807) is 5.57 Å². The number of carbonyl (C=O) groups is 1. The lowest BCUT2D eigenvalue weighted by molar-refractivity contribution is -0.179. The van der Waals surface area contributed by atoms with E-state index < -0.39 is 0 Å². The highest BCUT2D eigenvalue weighted by molar-refractivity contribution is 5.77. The molecule has 2 nitrogen and oxygen atoms in total. The number of unbranched alkanes of at least 4 members (excludes halogenated alkanes) is 5. The van der Waals surface area contributed by atoms with E-state index in [4.69, 9.17) is 4.74 Å². The maximum Gasteiger partial charge on any atom is 0.312 e. The second kappa shape index (κ2) is 10.7. The summed E-state index contributed by atoms with van der Waals surface area (Å²) in [6.07, 6.45) is 31.0. The van der Waals surface area contributed by atoms with Gasteiger partial charge in [-0.3, -0.25) is 4.79 Å². The van der Waals surface area contributed by atoms with E-state index in [2.05, 4.69) is 26.8 Å². The normalized spacial score (nSPS) is 48.7. The predicted molar refractivity (Wildman–Crippen MR) is 164 cm³/mol. The standard InChI is InChI=1S/C38H60O2/c1-4-5-6-7-8-9-10-29-12-14-33-32-13-11-30-22-31(15-17-37(30,3)34(32)16-18-36(29,33)2)40-35(39)38-23-26-19-27(24-38)21-28(20-26)25-38/h11,26-29,31-34H,4-10,12-25H2,1-3H3/t26?,27?,28?,29-,31+,32+,33-,34+,36-,37+,38?/m1/s1. The van der Waals surface area contributed by atoms with Crippen LogP contribution in [0.15, 0.2) is 11.6 Å². The van der Waals surface area contributed by atoms with E-state index in [1.807, 2.05) is 0 Å². The second-order valence-corrected chi connectivity index (χ2v) is 17.1. The molecule has 8 aliphatic rings. The molecule has 7 atom stereocenters. The van der Waals surface area contributed by atoms with Crippen LogP contribution >= 0.6 is 0 Å². The van der Waals surface area contributed by atoms with Gasteiger partial charge in [-0.1, -0.05) is 70.9 Å². The number of hydrogen-bond acceptors (Lipinski definition) is 2. The Labute approximate surface area is 246 Å². The first-order chi connectivity index (χ1) is 19.3. The van der Waals surface area contributed by atoms with E-state index in [1.165, 1.54) is 103 Å². The molecule has 8 aliphatic carbocycles. The molecule has 0 aromatic rings. The maximum absolute atomic E-state index is 13.7. The van der Waals surface area contributed by atoms with Crippen molar-refractivity contribution in [2.45, 2.75) is 162 Å². The van der Waals surface area contributed by atoms with Gasteiger partial charge in [0.25, 0.3) is 0 Å². The minimum atomic E-state index is -0.107. The van der Waals surface area contributed by atoms with Crippen LogP contribution in [0.25, 0.3) is 0 Å².